The molecule has 1 aromatic carbocycles. The lowest BCUT2D eigenvalue weighted by Gasteiger charge is -2.20. The van der Waals surface area contributed by atoms with E-state index in [9.17, 15) is 0 Å². The molecule has 0 aromatic heterocycles. The summed E-state index contributed by atoms with van der Waals surface area (Å²) in [7, 11) is 5.84. The highest BCUT2D eigenvalue weighted by atomic mass is 32.1. The third-order valence-corrected chi connectivity index (χ3v) is 3.26. The molecule has 0 aliphatic carbocycles. The van der Waals surface area contributed by atoms with Gasteiger partial charge in [-0.1, -0.05) is 24.4 Å². The Morgan fingerprint density at radius 1 is 1.29 bits per heavy atom. The molecule has 0 bridgehead atoms. The molecular weight excluding hydrogens is 234 g/mol. The molecule has 1 atom stereocenters. The van der Waals surface area contributed by atoms with Gasteiger partial charge in [0.05, 0.1) is 0 Å². The smallest absolute Gasteiger partial charge is 0.244 e. The third kappa shape index (κ3) is 2.10. The van der Waals surface area contributed by atoms with Crippen LogP contribution in [-0.4, -0.2) is 36.9 Å². The molecule has 1 unspecified atom stereocenters. The first-order valence-corrected chi connectivity index (χ1v) is 5.71. The lowest BCUT2D eigenvalue weighted by Crippen LogP contribution is -2.23. The standard InChI is InChI=1S/C12H15N3OS/c1-14(2)9-6-4-8(5-7-9)11-15(3)12(17)10(13)16-11/h4-7,11,13H,1-3H3. The summed E-state index contributed by atoms with van der Waals surface area (Å²) in [4.78, 5) is 4.28. The van der Waals surface area contributed by atoms with Crippen LogP contribution in [0.15, 0.2) is 24.3 Å². The zero-order valence-electron chi connectivity index (χ0n) is 10.1. The van der Waals surface area contributed by atoms with Crippen molar-refractivity contribution < 1.29 is 4.74 Å². The van der Waals surface area contributed by atoms with Gasteiger partial charge in [0.15, 0.2) is 4.99 Å². The molecule has 0 saturated carbocycles. The van der Waals surface area contributed by atoms with Crippen LogP contribution in [0.5, 0.6) is 0 Å². The minimum absolute atomic E-state index is 0.0733. The van der Waals surface area contributed by atoms with E-state index in [1.165, 1.54) is 0 Å². The van der Waals surface area contributed by atoms with Crippen LogP contribution >= 0.6 is 12.2 Å². The Labute approximate surface area is 106 Å². The molecule has 5 heteroatoms. The van der Waals surface area contributed by atoms with E-state index in [0.29, 0.717) is 4.99 Å². The zero-order chi connectivity index (χ0) is 12.6. The molecule has 1 fully saturated rings. The molecule has 4 nitrogen and oxygen atoms in total. The maximum atomic E-state index is 7.56. The van der Waals surface area contributed by atoms with Crippen molar-refractivity contribution in [3.63, 3.8) is 0 Å². The Morgan fingerprint density at radius 2 is 1.88 bits per heavy atom. The largest absolute Gasteiger partial charge is 0.447 e. The van der Waals surface area contributed by atoms with Crippen LogP contribution in [0.1, 0.15) is 11.8 Å². The normalized spacial score (nSPS) is 19.5. The number of ether oxygens (including phenoxy) is 1. The van der Waals surface area contributed by atoms with Gasteiger partial charge < -0.3 is 14.5 Å². The van der Waals surface area contributed by atoms with Crippen molar-refractivity contribution in [3.05, 3.63) is 29.8 Å². The highest BCUT2D eigenvalue weighted by Crippen LogP contribution is 2.28. The van der Waals surface area contributed by atoms with Gasteiger partial charge in [-0.05, 0) is 12.1 Å². The molecule has 1 N–H and O–H groups in total. The lowest BCUT2D eigenvalue weighted by molar-refractivity contribution is 0.116. The summed E-state index contributed by atoms with van der Waals surface area (Å²) >= 11 is 5.08. The molecule has 0 spiro atoms. The minimum atomic E-state index is -0.272. The van der Waals surface area contributed by atoms with Crippen LogP contribution in [0.2, 0.25) is 0 Å². The zero-order valence-corrected chi connectivity index (χ0v) is 10.9. The molecule has 1 saturated heterocycles. The minimum Gasteiger partial charge on any atom is -0.447 e. The van der Waals surface area contributed by atoms with E-state index in [0.717, 1.165) is 11.3 Å². The maximum Gasteiger partial charge on any atom is 0.244 e. The van der Waals surface area contributed by atoms with E-state index in [2.05, 4.69) is 0 Å². The first kappa shape index (κ1) is 11.9. The first-order valence-electron chi connectivity index (χ1n) is 5.30. The van der Waals surface area contributed by atoms with Crippen molar-refractivity contribution in [1.82, 2.24) is 4.90 Å². The Bertz CT molecular complexity index is 455. The predicted octanol–water partition coefficient (Wildman–Crippen LogP) is 2.02. The summed E-state index contributed by atoms with van der Waals surface area (Å²) in [5.74, 6) is 0.0733. The fourth-order valence-electron chi connectivity index (χ4n) is 1.74. The number of hydrogen-bond acceptors (Lipinski definition) is 4. The number of rotatable bonds is 2. The van der Waals surface area contributed by atoms with Gasteiger partial charge in [0.2, 0.25) is 12.1 Å². The second kappa shape index (κ2) is 4.33. The van der Waals surface area contributed by atoms with Crippen LogP contribution in [0.4, 0.5) is 5.69 Å². The van der Waals surface area contributed by atoms with Crippen LogP contribution in [-0.2, 0) is 4.74 Å². The predicted molar refractivity (Wildman–Crippen MR) is 72.7 cm³/mol. The summed E-state index contributed by atoms with van der Waals surface area (Å²) in [6, 6.07) is 8.05. The monoisotopic (exact) mass is 249 g/mol. The fraction of sp³-hybridized carbons (Fsp3) is 0.333. The van der Waals surface area contributed by atoms with E-state index in [4.69, 9.17) is 22.4 Å². The van der Waals surface area contributed by atoms with Crippen LogP contribution < -0.4 is 4.90 Å². The van der Waals surface area contributed by atoms with Crippen molar-refractivity contribution in [2.45, 2.75) is 6.23 Å². The summed E-state index contributed by atoms with van der Waals surface area (Å²) in [5, 5.41) is 7.56. The Hall–Kier alpha value is -1.62. The van der Waals surface area contributed by atoms with Gasteiger partial charge in [-0.2, -0.15) is 0 Å². The average Bonchev–Trinajstić information content (AvgIpc) is 2.57. The van der Waals surface area contributed by atoms with Crippen LogP contribution in [0.3, 0.4) is 0 Å². The molecule has 17 heavy (non-hydrogen) atoms. The van der Waals surface area contributed by atoms with Gasteiger partial charge in [0.1, 0.15) is 0 Å². The van der Waals surface area contributed by atoms with E-state index < -0.39 is 0 Å². The number of hydrogen-bond donors (Lipinski definition) is 1. The summed E-state index contributed by atoms with van der Waals surface area (Å²) < 4.78 is 5.43. The summed E-state index contributed by atoms with van der Waals surface area (Å²) in [6.45, 7) is 0. The molecule has 1 aromatic rings. The lowest BCUT2D eigenvalue weighted by atomic mass is 10.1. The molecular formula is C12H15N3OS. The summed E-state index contributed by atoms with van der Waals surface area (Å²) in [5.41, 5.74) is 2.13. The quantitative estimate of drug-likeness (QED) is 0.814. The highest BCUT2D eigenvalue weighted by molar-refractivity contribution is 7.82. The third-order valence-electron chi connectivity index (χ3n) is 2.79. The molecule has 0 amide bonds. The number of thiocarbonyl (C=S) groups is 1. The van der Waals surface area contributed by atoms with Crippen molar-refractivity contribution >= 4 is 28.8 Å². The Morgan fingerprint density at radius 3 is 2.29 bits per heavy atom. The molecule has 90 valence electrons. The molecule has 0 radical (unpaired) electrons. The topological polar surface area (TPSA) is 39.6 Å². The van der Waals surface area contributed by atoms with Crippen molar-refractivity contribution in [1.29, 1.82) is 5.41 Å². The SMILES string of the molecule is CN(C)c1ccc(C2OC(=N)C(=S)N2C)cc1. The van der Waals surface area contributed by atoms with Gasteiger partial charge in [-0.25, -0.2) is 0 Å². The Kier molecular flexibility index (Phi) is 3.02. The molecule has 1 aliphatic heterocycles. The highest BCUT2D eigenvalue weighted by Gasteiger charge is 2.32. The van der Waals surface area contributed by atoms with Crippen LogP contribution in [0.25, 0.3) is 0 Å². The molecule has 1 heterocycles. The van der Waals surface area contributed by atoms with Gasteiger partial charge in [0.25, 0.3) is 0 Å². The number of likely N-dealkylation sites (N-methyl/N-ethyl adjacent to an activating group) is 1. The summed E-state index contributed by atoms with van der Waals surface area (Å²) in [6.07, 6.45) is -0.272. The number of nitrogens with one attached hydrogen (secondary N) is 1. The van der Waals surface area contributed by atoms with Crippen molar-refractivity contribution in [3.8, 4) is 0 Å². The van der Waals surface area contributed by atoms with E-state index >= 15 is 0 Å². The van der Waals surface area contributed by atoms with Gasteiger partial charge >= 0.3 is 0 Å². The Balaban J connectivity index is 2.24. The van der Waals surface area contributed by atoms with E-state index in [-0.39, 0.29) is 12.1 Å². The molecule has 1 aliphatic rings. The van der Waals surface area contributed by atoms with Gasteiger partial charge in [-0.3, -0.25) is 5.41 Å². The van der Waals surface area contributed by atoms with Gasteiger partial charge in [0, 0.05) is 32.4 Å². The molecule has 2 rings (SSSR count). The van der Waals surface area contributed by atoms with E-state index in [1.54, 1.807) is 4.90 Å². The maximum absolute atomic E-state index is 7.56. The number of benzene rings is 1. The van der Waals surface area contributed by atoms with Crippen LogP contribution in [0, 0.1) is 5.41 Å². The van der Waals surface area contributed by atoms with E-state index in [1.807, 2.05) is 50.3 Å². The first-order chi connectivity index (χ1) is 8.00. The second-order valence-electron chi connectivity index (χ2n) is 4.20. The average molecular weight is 249 g/mol. The second-order valence-corrected chi connectivity index (χ2v) is 4.59. The van der Waals surface area contributed by atoms with Crippen molar-refractivity contribution in [2.75, 3.05) is 26.0 Å². The van der Waals surface area contributed by atoms with Gasteiger partial charge in [-0.15, -0.1) is 0 Å². The number of anilines is 1. The van der Waals surface area contributed by atoms with Crippen molar-refractivity contribution in [2.24, 2.45) is 0 Å². The number of nitrogens with zero attached hydrogens (tertiary/aromatic N) is 2. The fourth-order valence-corrected chi connectivity index (χ4v) is 1.88.